The molecule has 1 amide bonds. The molecule has 25 heavy (non-hydrogen) atoms. The van der Waals surface area contributed by atoms with Crippen molar-refractivity contribution in [2.24, 2.45) is 11.7 Å². The molecule has 7 heteroatoms. The van der Waals surface area contributed by atoms with Crippen molar-refractivity contribution in [2.75, 3.05) is 26.2 Å². The second kappa shape index (κ2) is 7.51. The number of nitrogens with two attached hydrogens (primary N) is 1. The fraction of sp³-hybridized carbons (Fsp3) is 0.389. The van der Waals surface area contributed by atoms with Crippen molar-refractivity contribution < 1.29 is 13.2 Å². The number of piperidine rings is 1. The van der Waals surface area contributed by atoms with Crippen molar-refractivity contribution in [3.05, 3.63) is 42.5 Å². The first-order valence-electron chi connectivity index (χ1n) is 8.49. The Kier molecular flexibility index (Phi) is 5.36. The molecule has 0 aliphatic carbocycles. The van der Waals surface area contributed by atoms with E-state index in [4.69, 9.17) is 5.73 Å². The minimum Gasteiger partial charge on any atom is -0.355 e. The van der Waals surface area contributed by atoms with E-state index in [0.29, 0.717) is 32.5 Å². The third-order valence-electron chi connectivity index (χ3n) is 4.56. The lowest BCUT2D eigenvalue weighted by Crippen LogP contribution is -2.46. The highest BCUT2D eigenvalue weighted by Crippen LogP contribution is 2.26. The maximum Gasteiger partial charge on any atom is 0.243 e. The van der Waals surface area contributed by atoms with E-state index in [2.05, 4.69) is 5.32 Å². The first kappa shape index (κ1) is 17.8. The van der Waals surface area contributed by atoms with Gasteiger partial charge in [0.05, 0.1) is 10.8 Å². The van der Waals surface area contributed by atoms with Gasteiger partial charge in [0.1, 0.15) is 0 Å². The van der Waals surface area contributed by atoms with Crippen LogP contribution in [-0.2, 0) is 14.8 Å². The number of nitrogens with one attached hydrogen (secondary N) is 1. The summed E-state index contributed by atoms with van der Waals surface area (Å²) in [6.07, 6.45) is 1.37. The number of carbonyl (C=O) groups is 1. The van der Waals surface area contributed by atoms with Gasteiger partial charge in [-0.3, -0.25) is 4.79 Å². The summed E-state index contributed by atoms with van der Waals surface area (Å²) >= 11 is 0. The lowest BCUT2D eigenvalue weighted by molar-refractivity contribution is -0.126. The second-order valence-corrected chi connectivity index (χ2v) is 8.23. The lowest BCUT2D eigenvalue weighted by Gasteiger charge is -2.31. The van der Waals surface area contributed by atoms with Crippen LogP contribution in [0.4, 0.5) is 0 Å². The molecule has 2 aromatic rings. The van der Waals surface area contributed by atoms with Crippen LogP contribution in [0.25, 0.3) is 10.8 Å². The molecule has 1 atom stereocenters. The number of hydrogen-bond donors (Lipinski definition) is 2. The van der Waals surface area contributed by atoms with Gasteiger partial charge in [-0.15, -0.1) is 0 Å². The second-order valence-electron chi connectivity index (χ2n) is 6.29. The number of nitrogens with zero attached hydrogens (tertiary/aromatic N) is 1. The van der Waals surface area contributed by atoms with Gasteiger partial charge in [-0.1, -0.05) is 30.3 Å². The number of sulfonamides is 1. The van der Waals surface area contributed by atoms with E-state index in [1.54, 1.807) is 12.1 Å². The number of carbonyl (C=O) groups excluding carboxylic acids is 1. The molecule has 1 heterocycles. The smallest absolute Gasteiger partial charge is 0.243 e. The molecule has 0 spiro atoms. The Morgan fingerprint density at radius 1 is 1.20 bits per heavy atom. The lowest BCUT2D eigenvalue weighted by atomic mass is 9.99. The molecule has 0 saturated carbocycles. The Morgan fingerprint density at radius 2 is 1.96 bits per heavy atom. The maximum absolute atomic E-state index is 13.0. The number of amides is 1. The van der Waals surface area contributed by atoms with Crippen LogP contribution in [0.15, 0.2) is 47.4 Å². The molecule has 1 fully saturated rings. The molecule has 3 N–H and O–H groups in total. The van der Waals surface area contributed by atoms with Crippen LogP contribution < -0.4 is 11.1 Å². The minimum absolute atomic E-state index is 0.121. The number of hydrogen-bond acceptors (Lipinski definition) is 4. The number of rotatable bonds is 5. The highest BCUT2D eigenvalue weighted by atomic mass is 32.2. The van der Waals surface area contributed by atoms with E-state index >= 15 is 0 Å². The summed E-state index contributed by atoms with van der Waals surface area (Å²) in [6, 6.07) is 12.8. The van der Waals surface area contributed by atoms with Gasteiger partial charge in [-0.05, 0) is 35.7 Å². The van der Waals surface area contributed by atoms with Crippen LogP contribution in [0.2, 0.25) is 0 Å². The average Bonchev–Trinajstić information content (AvgIpc) is 2.65. The quantitative estimate of drug-likeness (QED) is 0.840. The molecule has 0 aromatic heterocycles. The monoisotopic (exact) mass is 361 g/mol. The molecule has 3 rings (SSSR count). The zero-order chi connectivity index (χ0) is 17.9. The van der Waals surface area contributed by atoms with Gasteiger partial charge in [0, 0.05) is 26.2 Å². The van der Waals surface area contributed by atoms with Crippen molar-refractivity contribution in [1.82, 2.24) is 9.62 Å². The van der Waals surface area contributed by atoms with Crippen LogP contribution in [0.1, 0.15) is 12.8 Å². The summed E-state index contributed by atoms with van der Waals surface area (Å²) in [5.74, 6) is -0.445. The summed E-state index contributed by atoms with van der Waals surface area (Å²) in [5.41, 5.74) is 5.40. The van der Waals surface area contributed by atoms with E-state index in [9.17, 15) is 13.2 Å². The molecular weight excluding hydrogens is 338 g/mol. The Morgan fingerprint density at radius 3 is 2.72 bits per heavy atom. The number of fused-ring (bicyclic) bond motifs is 1. The zero-order valence-electron chi connectivity index (χ0n) is 14.0. The zero-order valence-corrected chi connectivity index (χ0v) is 14.8. The minimum atomic E-state index is -3.61. The first-order valence-corrected chi connectivity index (χ1v) is 9.93. The highest BCUT2D eigenvalue weighted by molar-refractivity contribution is 7.89. The summed E-state index contributed by atoms with van der Waals surface area (Å²) in [4.78, 5) is 12.4. The van der Waals surface area contributed by atoms with E-state index < -0.39 is 10.0 Å². The molecule has 2 aromatic carbocycles. The molecule has 1 unspecified atom stereocenters. The average molecular weight is 361 g/mol. The van der Waals surface area contributed by atoms with Gasteiger partial charge < -0.3 is 11.1 Å². The Hall–Kier alpha value is -1.96. The van der Waals surface area contributed by atoms with Gasteiger partial charge in [0.2, 0.25) is 15.9 Å². The molecule has 0 radical (unpaired) electrons. The van der Waals surface area contributed by atoms with E-state index in [1.807, 2.05) is 30.3 Å². The van der Waals surface area contributed by atoms with Gasteiger partial charge in [-0.25, -0.2) is 8.42 Å². The van der Waals surface area contributed by atoms with E-state index in [1.165, 1.54) is 4.31 Å². The molecule has 1 aliphatic heterocycles. The standard InChI is InChI=1S/C18H23N3O3S/c19-9-10-20-18(22)16-6-3-11-21(13-16)25(23,24)17-8-7-14-4-1-2-5-15(14)12-17/h1-2,4-5,7-8,12,16H,3,6,9-11,13,19H2,(H,20,22). The van der Waals surface area contributed by atoms with Gasteiger partial charge >= 0.3 is 0 Å². The fourth-order valence-corrected chi connectivity index (χ4v) is 4.75. The fourth-order valence-electron chi connectivity index (χ4n) is 3.19. The molecule has 6 nitrogen and oxygen atoms in total. The first-order chi connectivity index (χ1) is 12.0. The topological polar surface area (TPSA) is 92.5 Å². The summed E-state index contributed by atoms with van der Waals surface area (Å²) in [7, 11) is -3.61. The normalized spacial score (nSPS) is 19.0. The van der Waals surface area contributed by atoms with Crippen LogP contribution in [0.5, 0.6) is 0 Å². The SMILES string of the molecule is NCCNC(=O)C1CCCN(S(=O)(=O)c2ccc3ccccc3c2)C1. The van der Waals surface area contributed by atoms with Crippen molar-refractivity contribution in [2.45, 2.75) is 17.7 Å². The Balaban J connectivity index is 1.81. The van der Waals surface area contributed by atoms with Crippen LogP contribution in [-0.4, -0.2) is 44.8 Å². The van der Waals surface area contributed by atoms with Crippen molar-refractivity contribution in [1.29, 1.82) is 0 Å². The maximum atomic E-state index is 13.0. The third-order valence-corrected chi connectivity index (χ3v) is 6.42. The van der Waals surface area contributed by atoms with Gasteiger partial charge in [0.25, 0.3) is 0 Å². The third kappa shape index (κ3) is 3.84. The van der Waals surface area contributed by atoms with Gasteiger partial charge in [0.15, 0.2) is 0 Å². The highest BCUT2D eigenvalue weighted by Gasteiger charge is 2.33. The summed E-state index contributed by atoms with van der Waals surface area (Å²) < 4.78 is 27.4. The number of benzene rings is 2. The summed E-state index contributed by atoms with van der Waals surface area (Å²) in [5, 5.41) is 4.64. The van der Waals surface area contributed by atoms with Crippen LogP contribution in [0, 0.1) is 5.92 Å². The Labute approximate surface area is 148 Å². The predicted octanol–water partition coefficient (Wildman–Crippen LogP) is 1.32. The molecule has 1 saturated heterocycles. The van der Waals surface area contributed by atoms with Gasteiger partial charge in [-0.2, -0.15) is 4.31 Å². The predicted molar refractivity (Wildman–Crippen MR) is 97.5 cm³/mol. The van der Waals surface area contributed by atoms with E-state index in [-0.39, 0.29) is 23.3 Å². The van der Waals surface area contributed by atoms with Crippen molar-refractivity contribution in [3.63, 3.8) is 0 Å². The molecule has 1 aliphatic rings. The summed E-state index contributed by atoms with van der Waals surface area (Å²) in [6.45, 7) is 1.44. The van der Waals surface area contributed by atoms with Crippen LogP contribution >= 0.6 is 0 Å². The van der Waals surface area contributed by atoms with Crippen LogP contribution in [0.3, 0.4) is 0 Å². The van der Waals surface area contributed by atoms with Crippen molar-refractivity contribution >= 4 is 26.7 Å². The van der Waals surface area contributed by atoms with Crippen molar-refractivity contribution in [3.8, 4) is 0 Å². The van der Waals surface area contributed by atoms with E-state index in [0.717, 1.165) is 10.8 Å². The molecule has 0 bridgehead atoms. The molecule has 134 valence electrons. The Bertz CT molecular complexity index is 867. The largest absolute Gasteiger partial charge is 0.355 e. The molecular formula is C18H23N3O3S.